The maximum absolute atomic E-state index is 15.0. The Kier molecular flexibility index (Phi) is 13.1. The molecule has 0 saturated carbocycles. The van der Waals surface area contributed by atoms with Crippen LogP contribution in [-0.2, 0) is 46.0 Å². The number of phenolic OH excluding ortho intramolecular Hbond substituents is 1. The third-order valence-corrected chi connectivity index (χ3v) is 9.84. The molecule has 1 unspecified atom stereocenters. The van der Waals surface area contributed by atoms with Gasteiger partial charge in [-0.05, 0) is 121 Å². The second-order valence-electron chi connectivity index (χ2n) is 11.9. The number of hydrogen-bond donors (Lipinski definition) is 1. The van der Waals surface area contributed by atoms with E-state index < -0.39 is 16.6 Å². The van der Waals surface area contributed by atoms with Crippen LogP contribution >= 0.6 is 0 Å². The summed E-state index contributed by atoms with van der Waals surface area (Å²) < 4.78 is 62.1. The van der Waals surface area contributed by atoms with E-state index in [1.54, 1.807) is 57.7 Å². The van der Waals surface area contributed by atoms with Crippen LogP contribution in [0, 0.1) is 12.7 Å². The van der Waals surface area contributed by atoms with Crippen LogP contribution in [0.15, 0.2) is 101 Å². The summed E-state index contributed by atoms with van der Waals surface area (Å²) in [5.74, 6) is 1.78. The molecule has 10 heteroatoms. The van der Waals surface area contributed by atoms with Crippen molar-refractivity contribution in [3.8, 4) is 39.9 Å². The van der Waals surface area contributed by atoms with Gasteiger partial charge in [-0.15, -0.1) is 0 Å². The summed E-state index contributed by atoms with van der Waals surface area (Å²) in [5.41, 5.74) is 6.27. The molecule has 1 N–H and O–H groups in total. The first-order chi connectivity index (χ1) is 24.7. The Labute approximate surface area is 301 Å². The van der Waals surface area contributed by atoms with Crippen molar-refractivity contribution >= 4 is 10.8 Å². The zero-order valence-corrected chi connectivity index (χ0v) is 30.3. The second kappa shape index (κ2) is 17.8. The van der Waals surface area contributed by atoms with E-state index in [-0.39, 0.29) is 24.2 Å². The highest BCUT2D eigenvalue weighted by atomic mass is 32.2. The minimum atomic E-state index is -1.67. The molecule has 0 bridgehead atoms. The molecular formula is C41H43FO8S. The number of rotatable bonds is 17. The normalized spacial score (nSPS) is 11.6. The van der Waals surface area contributed by atoms with Crippen molar-refractivity contribution in [3.63, 3.8) is 0 Å². The lowest BCUT2D eigenvalue weighted by Crippen LogP contribution is -2.07. The molecule has 5 rings (SSSR count). The Bertz CT molecular complexity index is 1930. The van der Waals surface area contributed by atoms with Crippen molar-refractivity contribution in [2.24, 2.45) is 0 Å². The van der Waals surface area contributed by atoms with Crippen LogP contribution in [0.2, 0.25) is 0 Å². The Hall–Kier alpha value is -4.90. The molecule has 0 aliphatic heterocycles. The highest BCUT2D eigenvalue weighted by Crippen LogP contribution is 2.43. The highest BCUT2D eigenvalue weighted by Gasteiger charge is 2.21. The van der Waals surface area contributed by atoms with Crippen molar-refractivity contribution in [1.82, 2.24) is 0 Å². The Morgan fingerprint density at radius 1 is 0.647 bits per heavy atom. The van der Waals surface area contributed by atoms with Gasteiger partial charge in [0.15, 0.2) is 25.1 Å². The highest BCUT2D eigenvalue weighted by molar-refractivity contribution is 7.85. The zero-order chi connectivity index (χ0) is 36.3. The van der Waals surface area contributed by atoms with Gasteiger partial charge in [0.1, 0.15) is 23.1 Å². The number of aryl methyl sites for hydroxylation is 5. The van der Waals surface area contributed by atoms with Crippen molar-refractivity contribution in [1.29, 1.82) is 0 Å². The lowest BCUT2D eigenvalue weighted by atomic mass is 9.92. The number of phenols is 1. The van der Waals surface area contributed by atoms with Gasteiger partial charge in [-0.3, -0.25) is 0 Å². The number of halogens is 1. The number of methoxy groups -OCH3 is 4. The molecule has 8 nitrogen and oxygen atoms in total. The first-order valence-electron chi connectivity index (χ1n) is 16.4. The van der Waals surface area contributed by atoms with Crippen LogP contribution in [0.1, 0.15) is 27.8 Å². The molecule has 0 aliphatic rings. The van der Waals surface area contributed by atoms with Crippen LogP contribution in [0.3, 0.4) is 0 Å². The van der Waals surface area contributed by atoms with Gasteiger partial charge in [-0.2, -0.15) is 0 Å². The molecule has 0 aliphatic carbocycles. The number of benzene rings is 5. The number of aromatic hydroxyl groups is 1. The molecule has 0 radical (unpaired) electrons. The standard InChI is InChI=1S/C41H43FO8S/c1-27-6-15-33(16-7-27)51(44)40-23-29(11-18-35(40)42)10-13-31-24-32(47-4)14-17-34(31)41-38(49-25-45-2)21-30(22-39(41)50-26-46-3)9-8-28-12-19-37(48-5)36(43)20-28/h6-7,11-12,14-24,43H,8-10,13,25-26H2,1-5H3. The maximum Gasteiger partial charge on any atom is 0.188 e. The summed E-state index contributed by atoms with van der Waals surface area (Å²) in [6, 6.07) is 27.2. The Morgan fingerprint density at radius 3 is 1.90 bits per heavy atom. The van der Waals surface area contributed by atoms with Gasteiger partial charge in [0, 0.05) is 19.1 Å². The lowest BCUT2D eigenvalue weighted by Gasteiger charge is -2.21. The fourth-order valence-electron chi connectivity index (χ4n) is 5.77. The summed E-state index contributed by atoms with van der Waals surface area (Å²) >= 11 is 0. The SMILES string of the molecule is COCOc1cc(CCc2ccc(OC)c(O)c2)cc(OCOC)c1-c1ccc(OC)cc1CCc1ccc(F)c(S(=O)c2ccc(C)cc2)c1. The third kappa shape index (κ3) is 9.46. The zero-order valence-electron chi connectivity index (χ0n) is 29.5. The van der Waals surface area contributed by atoms with E-state index in [2.05, 4.69) is 0 Å². The average Bonchev–Trinajstić information content (AvgIpc) is 3.15. The fraction of sp³-hybridized carbons (Fsp3) is 0.268. The molecule has 1 atom stereocenters. The van der Waals surface area contributed by atoms with E-state index in [9.17, 15) is 13.7 Å². The number of ether oxygens (including phenoxy) is 6. The first kappa shape index (κ1) is 37.4. The summed E-state index contributed by atoms with van der Waals surface area (Å²) in [6.07, 6.45) is 2.36. The van der Waals surface area contributed by atoms with E-state index >= 15 is 0 Å². The van der Waals surface area contributed by atoms with Gasteiger partial charge < -0.3 is 33.5 Å². The fourth-order valence-corrected chi connectivity index (χ4v) is 6.91. The molecule has 5 aromatic carbocycles. The summed E-state index contributed by atoms with van der Waals surface area (Å²) in [5, 5.41) is 10.3. The van der Waals surface area contributed by atoms with Crippen LogP contribution in [0.5, 0.6) is 28.7 Å². The van der Waals surface area contributed by atoms with Gasteiger partial charge in [0.05, 0.1) is 35.5 Å². The van der Waals surface area contributed by atoms with Gasteiger partial charge in [0.2, 0.25) is 0 Å². The quantitative estimate of drug-likeness (QED) is 0.0964. The van der Waals surface area contributed by atoms with E-state index in [4.69, 9.17) is 28.4 Å². The van der Waals surface area contributed by atoms with Crippen molar-refractivity contribution in [3.05, 3.63) is 125 Å². The molecule has 0 amide bonds. The first-order valence-corrected chi connectivity index (χ1v) is 17.6. The lowest BCUT2D eigenvalue weighted by molar-refractivity contribution is 0.0467. The molecular weight excluding hydrogens is 672 g/mol. The van der Waals surface area contributed by atoms with E-state index in [1.807, 2.05) is 55.5 Å². The van der Waals surface area contributed by atoms with Gasteiger partial charge in [-0.25, -0.2) is 8.60 Å². The molecule has 0 aromatic heterocycles. The molecule has 0 heterocycles. The molecule has 51 heavy (non-hydrogen) atoms. The van der Waals surface area contributed by atoms with Gasteiger partial charge in [-0.1, -0.05) is 35.9 Å². The summed E-state index contributed by atoms with van der Waals surface area (Å²) in [4.78, 5) is 0.692. The second-order valence-corrected chi connectivity index (χ2v) is 13.4. The van der Waals surface area contributed by atoms with Gasteiger partial charge >= 0.3 is 0 Å². The molecule has 5 aromatic rings. The van der Waals surface area contributed by atoms with Crippen LogP contribution < -0.4 is 18.9 Å². The molecule has 0 spiro atoms. The van der Waals surface area contributed by atoms with E-state index in [0.717, 1.165) is 33.4 Å². The van der Waals surface area contributed by atoms with Crippen LogP contribution in [0.25, 0.3) is 11.1 Å². The van der Waals surface area contributed by atoms with Gasteiger partial charge in [0.25, 0.3) is 0 Å². The average molecular weight is 715 g/mol. The van der Waals surface area contributed by atoms with Crippen molar-refractivity contribution in [2.45, 2.75) is 42.4 Å². The van der Waals surface area contributed by atoms with Crippen LogP contribution in [0.4, 0.5) is 4.39 Å². The minimum absolute atomic E-state index is 0.00842. The predicted octanol–water partition coefficient (Wildman–Crippen LogP) is 8.23. The summed E-state index contributed by atoms with van der Waals surface area (Å²) in [7, 11) is 4.58. The third-order valence-electron chi connectivity index (χ3n) is 8.43. The van der Waals surface area contributed by atoms with Crippen LogP contribution in [-0.4, -0.2) is 51.3 Å². The van der Waals surface area contributed by atoms with E-state index in [1.165, 1.54) is 13.2 Å². The topological polar surface area (TPSA) is 92.7 Å². The molecule has 268 valence electrons. The Balaban J connectivity index is 1.50. The predicted molar refractivity (Wildman–Crippen MR) is 195 cm³/mol. The number of hydrogen-bond acceptors (Lipinski definition) is 8. The monoisotopic (exact) mass is 714 g/mol. The summed E-state index contributed by atoms with van der Waals surface area (Å²) in [6.45, 7) is 1.97. The van der Waals surface area contributed by atoms with E-state index in [0.29, 0.717) is 59.1 Å². The molecule has 0 fully saturated rings. The smallest absolute Gasteiger partial charge is 0.188 e. The van der Waals surface area contributed by atoms with Crippen molar-refractivity contribution in [2.75, 3.05) is 42.0 Å². The largest absolute Gasteiger partial charge is 0.504 e. The maximum atomic E-state index is 15.0. The molecule has 0 saturated heterocycles. The Morgan fingerprint density at radius 2 is 1.27 bits per heavy atom. The minimum Gasteiger partial charge on any atom is -0.504 e. The van der Waals surface area contributed by atoms with Crippen molar-refractivity contribution < 1.29 is 42.1 Å².